The van der Waals surface area contributed by atoms with E-state index in [1.165, 1.54) is 4.90 Å². The normalized spacial score (nSPS) is 13.1. The monoisotopic (exact) mass is 493 g/mol. The second-order valence-electron chi connectivity index (χ2n) is 9.69. The molecule has 2 unspecified atom stereocenters. The van der Waals surface area contributed by atoms with Gasteiger partial charge in [-0.05, 0) is 70.6 Å². The van der Waals surface area contributed by atoms with Gasteiger partial charge in [0.1, 0.15) is 17.7 Å². The van der Waals surface area contributed by atoms with Gasteiger partial charge in [0, 0.05) is 13.6 Å². The van der Waals surface area contributed by atoms with Crippen LogP contribution < -0.4 is 10.6 Å². The molecule has 0 bridgehead atoms. The van der Waals surface area contributed by atoms with E-state index in [0.717, 1.165) is 36.0 Å². The van der Waals surface area contributed by atoms with Crippen LogP contribution in [0, 0.1) is 13.8 Å². The van der Waals surface area contributed by atoms with Gasteiger partial charge in [-0.2, -0.15) is 11.8 Å². The molecular formula is C26H43N3O4S. The topological polar surface area (TPSA) is 87.7 Å². The van der Waals surface area contributed by atoms with Gasteiger partial charge in [0.15, 0.2) is 0 Å². The molecule has 0 aliphatic heterocycles. The van der Waals surface area contributed by atoms with Gasteiger partial charge in [-0.3, -0.25) is 9.59 Å². The van der Waals surface area contributed by atoms with Crippen LogP contribution in [-0.4, -0.2) is 60.1 Å². The lowest BCUT2D eigenvalue weighted by Crippen LogP contribution is -2.52. The van der Waals surface area contributed by atoms with Crippen molar-refractivity contribution in [2.45, 2.75) is 84.9 Å². The van der Waals surface area contributed by atoms with Crippen molar-refractivity contribution < 1.29 is 19.1 Å². The highest BCUT2D eigenvalue weighted by molar-refractivity contribution is 7.98. The molecule has 0 fully saturated rings. The summed E-state index contributed by atoms with van der Waals surface area (Å²) >= 11 is 1.59. The molecule has 7 nitrogen and oxygen atoms in total. The Morgan fingerprint density at radius 1 is 1.15 bits per heavy atom. The van der Waals surface area contributed by atoms with Crippen molar-refractivity contribution in [1.29, 1.82) is 0 Å². The second-order valence-corrected chi connectivity index (χ2v) is 10.7. The van der Waals surface area contributed by atoms with Crippen LogP contribution >= 0.6 is 11.8 Å². The predicted octanol–water partition coefficient (Wildman–Crippen LogP) is 4.76. The first kappa shape index (κ1) is 29.8. The first-order valence-electron chi connectivity index (χ1n) is 12.0. The number of ether oxygens (including phenoxy) is 1. The molecule has 3 amide bonds. The third kappa shape index (κ3) is 9.95. The van der Waals surface area contributed by atoms with E-state index in [4.69, 9.17) is 4.74 Å². The Bertz CT molecular complexity index is 823. The van der Waals surface area contributed by atoms with E-state index in [-0.39, 0.29) is 11.8 Å². The third-order valence-electron chi connectivity index (χ3n) is 5.39. The Hall–Kier alpha value is -2.22. The Kier molecular flexibility index (Phi) is 12.5. The second kappa shape index (κ2) is 14.2. The van der Waals surface area contributed by atoms with Gasteiger partial charge in [-0.15, -0.1) is 0 Å². The molecule has 0 saturated carbocycles. The zero-order valence-electron chi connectivity index (χ0n) is 22.1. The molecule has 0 aliphatic carbocycles. The molecule has 1 aromatic rings. The molecule has 1 aromatic carbocycles. The largest absolute Gasteiger partial charge is 0.444 e. The van der Waals surface area contributed by atoms with Gasteiger partial charge in [-0.1, -0.05) is 43.5 Å². The maximum atomic E-state index is 13.6. The number of nitrogens with one attached hydrogen (secondary N) is 2. The summed E-state index contributed by atoms with van der Waals surface area (Å²) in [7, 11) is 1.63. The quantitative estimate of drug-likeness (QED) is 0.410. The van der Waals surface area contributed by atoms with Crippen LogP contribution in [0.4, 0.5) is 4.79 Å². The number of carbonyl (C=O) groups excluding carboxylic acids is 3. The Balaban J connectivity index is 3.23. The summed E-state index contributed by atoms with van der Waals surface area (Å²) < 4.78 is 5.37. The number of hydrogen-bond donors (Lipinski definition) is 2. The zero-order valence-corrected chi connectivity index (χ0v) is 22.9. The number of thioether (sulfide) groups is 1. The van der Waals surface area contributed by atoms with Crippen molar-refractivity contribution in [3.8, 4) is 0 Å². The number of rotatable bonds is 12. The molecule has 0 saturated heterocycles. The van der Waals surface area contributed by atoms with E-state index in [0.29, 0.717) is 18.7 Å². The van der Waals surface area contributed by atoms with Crippen molar-refractivity contribution >= 4 is 29.7 Å². The predicted molar refractivity (Wildman–Crippen MR) is 140 cm³/mol. The van der Waals surface area contributed by atoms with Crippen LogP contribution in [0.5, 0.6) is 0 Å². The lowest BCUT2D eigenvalue weighted by atomic mass is 9.96. The molecule has 0 aromatic heterocycles. The fraction of sp³-hybridized carbons (Fsp3) is 0.654. The molecule has 2 N–H and O–H groups in total. The number of benzene rings is 1. The van der Waals surface area contributed by atoms with Crippen molar-refractivity contribution in [3.05, 3.63) is 34.9 Å². The highest BCUT2D eigenvalue weighted by atomic mass is 32.2. The Labute approximate surface area is 209 Å². The van der Waals surface area contributed by atoms with Gasteiger partial charge >= 0.3 is 6.09 Å². The summed E-state index contributed by atoms with van der Waals surface area (Å²) in [6.45, 7) is 11.9. The van der Waals surface area contributed by atoms with Gasteiger partial charge in [0.05, 0.1) is 0 Å². The number of unbranched alkanes of at least 4 members (excludes halogenated alkanes) is 2. The average molecular weight is 494 g/mol. The van der Waals surface area contributed by atoms with Crippen LogP contribution in [0.2, 0.25) is 0 Å². The number of aryl methyl sites for hydroxylation is 2. The molecule has 0 spiro atoms. The molecular weight excluding hydrogens is 450 g/mol. The fourth-order valence-corrected chi connectivity index (χ4v) is 4.05. The number of carbonyl (C=O) groups is 3. The van der Waals surface area contributed by atoms with E-state index in [1.54, 1.807) is 39.6 Å². The lowest BCUT2D eigenvalue weighted by molar-refractivity contribution is -0.140. The molecule has 1 rings (SSSR count). The fourth-order valence-electron chi connectivity index (χ4n) is 3.58. The molecule has 34 heavy (non-hydrogen) atoms. The maximum Gasteiger partial charge on any atom is 0.408 e. The van der Waals surface area contributed by atoms with E-state index in [2.05, 4.69) is 17.6 Å². The summed E-state index contributed by atoms with van der Waals surface area (Å²) in [5.74, 6) is 0.133. The highest BCUT2D eigenvalue weighted by Gasteiger charge is 2.34. The molecule has 0 aliphatic rings. The van der Waals surface area contributed by atoms with Crippen molar-refractivity contribution in [2.75, 3.05) is 25.6 Å². The standard InChI is InChI=1S/C26H43N3O4S/c1-9-10-11-15-27-23(30)22(20-17-18(2)12-13-19(20)3)29(7)24(31)21(14-16-34-8)28-25(32)33-26(4,5)6/h12-13,17,21-22H,9-11,14-16H2,1-8H3,(H,27,30)(H,28,32). The van der Waals surface area contributed by atoms with E-state index < -0.39 is 23.8 Å². The van der Waals surface area contributed by atoms with Gasteiger partial charge in [-0.25, -0.2) is 4.79 Å². The van der Waals surface area contributed by atoms with Crippen LogP contribution in [0.25, 0.3) is 0 Å². The van der Waals surface area contributed by atoms with Crippen molar-refractivity contribution in [2.24, 2.45) is 0 Å². The van der Waals surface area contributed by atoms with E-state index in [9.17, 15) is 14.4 Å². The van der Waals surface area contributed by atoms with Crippen LogP contribution in [0.1, 0.15) is 76.1 Å². The SMILES string of the molecule is CCCCCNC(=O)C(c1cc(C)ccc1C)N(C)C(=O)C(CCSC)NC(=O)OC(C)(C)C. The summed E-state index contributed by atoms with van der Waals surface area (Å²) in [6.07, 6.45) is 4.70. The summed E-state index contributed by atoms with van der Waals surface area (Å²) in [4.78, 5) is 40.9. The van der Waals surface area contributed by atoms with Crippen molar-refractivity contribution in [3.63, 3.8) is 0 Å². The van der Waals surface area contributed by atoms with Gasteiger partial charge in [0.25, 0.3) is 0 Å². The minimum Gasteiger partial charge on any atom is -0.444 e. The van der Waals surface area contributed by atoms with Crippen LogP contribution in [-0.2, 0) is 14.3 Å². The molecule has 2 atom stereocenters. The molecule has 0 heterocycles. The van der Waals surface area contributed by atoms with Crippen molar-refractivity contribution in [1.82, 2.24) is 15.5 Å². The minimum absolute atomic E-state index is 0.221. The number of likely N-dealkylation sites (N-methyl/N-ethyl adjacent to an activating group) is 1. The smallest absolute Gasteiger partial charge is 0.408 e. The van der Waals surface area contributed by atoms with E-state index in [1.807, 2.05) is 38.3 Å². The number of nitrogens with zero attached hydrogens (tertiary/aromatic N) is 1. The summed E-state index contributed by atoms with van der Waals surface area (Å²) in [5.41, 5.74) is 2.04. The third-order valence-corrected chi connectivity index (χ3v) is 6.04. The zero-order chi connectivity index (χ0) is 25.9. The Morgan fingerprint density at radius 3 is 2.41 bits per heavy atom. The molecule has 8 heteroatoms. The maximum absolute atomic E-state index is 13.6. The first-order valence-corrected chi connectivity index (χ1v) is 13.4. The summed E-state index contributed by atoms with van der Waals surface area (Å²) in [5, 5.41) is 5.73. The number of amides is 3. The Morgan fingerprint density at radius 2 is 1.82 bits per heavy atom. The van der Waals surface area contributed by atoms with Crippen LogP contribution in [0.3, 0.4) is 0 Å². The van der Waals surface area contributed by atoms with E-state index >= 15 is 0 Å². The van der Waals surface area contributed by atoms with Crippen LogP contribution in [0.15, 0.2) is 18.2 Å². The molecule has 0 radical (unpaired) electrons. The van der Waals surface area contributed by atoms with Gasteiger partial charge < -0.3 is 20.3 Å². The number of hydrogen-bond acceptors (Lipinski definition) is 5. The minimum atomic E-state index is -0.800. The highest BCUT2D eigenvalue weighted by Crippen LogP contribution is 2.26. The summed E-state index contributed by atoms with van der Waals surface area (Å²) in [6, 6.07) is 4.30. The lowest BCUT2D eigenvalue weighted by Gasteiger charge is -2.32. The number of alkyl carbamates (subject to hydrolysis) is 1. The molecule has 192 valence electrons. The average Bonchev–Trinajstić information content (AvgIpc) is 2.74. The first-order chi connectivity index (χ1) is 15.9. The van der Waals surface area contributed by atoms with Gasteiger partial charge in [0.2, 0.25) is 11.8 Å².